The largest absolute Gasteiger partial charge is 0.327 e. The maximum atomic E-state index is 12.5. The topological polar surface area (TPSA) is 143 Å². The van der Waals surface area contributed by atoms with E-state index in [1.54, 1.807) is 16.7 Å². The highest BCUT2D eigenvalue weighted by Gasteiger charge is 2.27. The van der Waals surface area contributed by atoms with Crippen molar-refractivity contribution in [1.82, 2.24) is 24.5 Å². The van der Waals surface area contributed by atoms with E-state index in [2.05, 4.69) is 25.3 Å². The number of pyridine rings is 1. The summed E-state index contributed by atoms with van der Waals surface area (Å²) in [5.41, 5.74) is 0.715. The van der Waals surface area contributed by atoms with Gasteiger partial charge in [-0.15, -0.1) is 0 Å². The summed E-state index contributed by atoms with van der Waals surface area (Å²) in [5.74, 6) is 0.524. The number of H-pyrrole nitrogens is 2. The predicted octanol–water partition coefficient (Wildman–Crippen LogP) is 1.33. The smallest absolute Gasteiger partial charge is 0.327 e. The molecule has 0 bridgehead atoms. The van der Waals surface area contributed by atoms with Gasteiger partial charge >= 0.3 is 5.69 Å². The molecule has 29 heavy (non-hydrogen) atoms. The van der Waals surface area contributed by atoms with Crippen LogP contribution in [0, 0.1) is 5.92 Å². The molecule has 0 aliphatic heterocycles. The number of rotatable bonds is 5. The molecule has 0 unspecified atom stereocenters. The van der Waals surface area contributed by atoms with Crippen LogP contribution in [0.15, 0.2) is 34.1 Å². The third-order valence-corrected chi connectivity index (χ3v) is 6.32. The van der Waals surface area contributed by atoms with Crippen LogP contribution < -0.4 is 16.6 Å². The molecular formula is C18H22N6O4S. The lowest BCUT2D eigenvalue weighted by Gasteiger charge is -2.28. The summed E-state index contributed by atoms with van der Waals surface area (Å²) < 4.78 is 24.7. The zero-order chi connectivity index (χ0) is 20.6. The summed E-state index contributed by atoms with van der Waals surface area (Å²) >= 11 is 0. The van der Waals surface area contributed by atoms with Gasteiger partial charge in [0, 0.05) is 18.5 Å². The van der Waals surface area contributed by atoms with E-state index >= 15 is 0 Å². The third kappa shape index (κ3) is 4.24. The number of anilines is 2. The normalized spacial score (nSPS) is 20.0. The van der Waals surface area contributed by atoms with Crippen LogP contribution in [0.3, 0.4) is 0 Å². The number of aromatic nitrogens is 5. The van der Waals surface area contributed by atoms with Crippen molar-refractivity contribution >= 4 is 32.6 Å². The Morgan fingerprint density at radius 3 is 2.69 bits per heavy atom. The Morgan fingerprint density at radius 2 is 2.00 bits per heavy atom. The molecular weight excluding hydrogens is 396 g/mol. The average Bonchev–Trinajstić information content (AvgIpc) is 2.98. The lowest BCUT2D eigenvalue weighted by atomic mass is 9.87. The Balaban J connectivity index is 1.60. The van der Waals surface area contributed by atoms with E-state index in [1.807, 2.05) is 0 Å². The second-order valence-electron chi connectivity index (χ2n) is 7.54. The maximum absolute atomic E-state index is 12.5. The fourth-order valence-corrected chi connectivity index (χ4v) is 5.14. The summed E-state index contributed by atoms with van der Waals surface area (Å²) in [5, 5.41) is 2.87. The molecule has 1 fully saturated rings. The Morgan fingerprint density at radius 1 is 1.24 bits per heavy atom. The van der Waals surface area contributed by atoms with Gasteiger partial charge in [0.25, 0.3) is 5.56 Å². The summed E-state index contributed by atoms with van der Waals surface area (Å²) in [6, 6.07) is 3.23. The predicted molar refractivity (Wildman–Crippen MR) is 109 cm³/mol. The van der Waals surface area contributed by atoms with E-state index in [0.29, 0.717) is 29.7 Å². The van der Waals surface area contributed by atoms with E-state index in [9.17, 15) is 18.0 Å². The van der Waals surface area contributed by atoms with Gasteiger partial charge in [0.1, 0.15) is 21.0 Å². The van der Waals surface area contributed by atoms with E-state index in [1.165, 1.54) is 18.6 Å². The van der Waals surface area contributed by atoms with Gasteiger partial charge in [-0.3, -0.25) is 9.36 Å². The number of fused-ring (bicyclic) bond motifs is 1. The molecule has 0 saturated heterocycles. The first-order chi connectivity index (χ1) is 13.8. The summed E-state index contributed by atoms with van der Waals surface area (Å²) in [6.07, 6.45) is 7.19. The third-order valence-electron chi connectivity index (χ3n) is 5.24. The molecule has 1 aliphatic rings. The van der Waals surface area contributed by atoms with Crippen molar-refractivity contribution in [2.45, 2.75) is 31.7 Å². The van der Waals surface area contributed by atoms with Crippen LogP contribution in [0.5, 0.6) is 0 Å². The van der Waals surface area contributed by atoms with Gasteiger partial charge in [-0.05, 0) is 43.7 Å². The molecule has 0 amide bonds. The van der Waals surface area contributed by atoms with Gasteiger partial charge in [-0.25, -0.2) is 18.2 Å². The number of nitrogens with zero attached hydrogens (tertiary/aromatic N) is 3. The van der Waals surface area contributed by atoms with Crippen molar-refractivity contribution in [2.24, 2.45) is 5.92 Å². The zero-order valence-corrected chi connectivity index (χ0v) is 16.7. The van der Waals surface area contributed by atoms with Crippen LogP contribution in [0.1, 0.15) is 31.7 Å². The van der Waals surface area contributed by atoms with Crippen LogP contribution in [0.2, 0.25) is 0 Å². The van der Waals surface area contributed by atoms with Gasteiger partial charge < -0.3 is 15.3 Å². The standard InChI is InChI=1S/C18H22N6O4S/c1-29(27,28)10-11-4-6-12(7-5-11)24-15-14(22-18(24)26)9-20-17(23-15)21-13-3-2-8-19-16(13)25/h2-3,8-9,11-12H,4-7,10H2,1H3,(H,19,25)(H,22,26)(H,20,21,23)/t11-,12-. The average molecular weight is 418 g/mol. The number of hydrogen-bond donors (Lipinski definition) is 3. The van der Waals surface area contributed by atoms with Crippen molar-refractivity contribution in [3.63, 3.8) is 0 Å². The minimum atomic E-state index is -3.01. The molecule has 1 saturated carbocycles. The van der Waals surface area contributed by atoms with Gasteiger partial charge in [-0.2, -0.15) is 4.98 Å². The van der Waals surface area contributed by atoms with Gasteiger partial charge in [0.2, 0.25) is 5.95 Å². The fourth-order valence-electron chi connectivity index (χ4n) is 3.95. The van der Waals surface area contributed by atoms with Gasteiger partial charge in [0.05, 0.1) is 11.9 Å². The van der Waals surface area contributed by atoms with Crippen molar-refractivity contribution in [2.75, 3.05) is 17.3 Å². The Labute approximate surface area is 166 Å². The molecule has 4 rings (SSSR count). The van der Waals surface area contributed by atoms with E-state index in [0.717, 1.165) is 12.8 Å². The number of sulfone groups is 1. The van der Waals surface area contributed by atoms with Crippen molar-refractivity contribution in [3.05, 3.63) is 45.4 Å². The van der Waals surface area contributed by atoms with Crippen molar-refractivity contribution < 1.29 is 8.42 Å². The molecule has 0 radical (unpaired) electrons. The lowest BCUT2D eigenvalue weighted by molar-refractivity contribution is 0.290. The van der Waals surface area contributed by atoms with Gasteiger partial charge in [0.15, 0.2) is 5.65 Å². The molecule has 3 aromatic heterocycles. The Kier molecular flexibility index (Phi) is 4.99. The van der Waals surface area contributed by atoms with Crippen LogP contribution >= 0.6 is 0 Å². The Hall–Kier alpha value is -2.95. The number of imidazole rings is 1. The highest BCUT2D eigenvalue weighted by atomic mass is 32.2. The van der Waals surface area contributed by atoms with Gasteiger partial charge in [-0.1, -0.05) is 0 Å². The number of hydrogen-bond acceptors (Lipinski definition) is 7. The van der Waals surface area contributed by atoms with E-state index in [4.69, 9.17) is 0 Å². The summed E-state index contributed by atoms with van der Waals surface area (Å²) in [7, 11) is -3.01. The first-order valence-electron chi connectivity index (χ1n) is 9.40. The summed E-state index contributed by atoms with van der Waals surface area (Å²) in [6.45, 7) is 0. The number of nitrogens with one attached hydrogen (secondary N) is 3. The van der Waals surface area contributed by atoms with Crippen LogP contribution in [-0.2, 0) is 9.84 Å². The molecule has 0 atom stereocenters. The van der Waals surface area contributed by atoms with Crippen LogP contribution in [0.4, 0.5) is 11.6 Å². The first-order valence-corrected chi connectivity index (χ1v) is 11.5. The zero-order valence-electron chi connectivity index (χ0n) is 15.9. The SMILES string of the molecule is CS(=O)(=O)C[C@H]1CC[C@H](n2c(=O)[nH]c3cnc(Nc4ccc[nH]c4=O)nc32)CC1. The Bertz CT molecular complexity index is 1250. The fraction of sp³-hybridized carbons (Fsp3) is 0.444. The van der Waals surface area contributed by atoms with Crippen molar-refractivity contribution in [1.29, 1.82) is 0 Å². The summed E-state index contributed by atoms with van der Waals surface area (Å²) in [4.78, 5) is 38.3. The first kappa shape index (κ1) is 19.4. The molecule has 3 N–H and O–H groups in total. The quantitative estimate of drug-likeness (QED) is 0.567. The second-order valence-corrected chi connectivity index (χ2v) is 9.72. The molecule has 1 aliphatic carbocycles. The highest BCUT2D eigenvalue weighted by molar-refractivity contribution is 7.90. The molecule has 3 aromatic rings. The molecule has 0 aromatic carbocycles. The maximum Gasteiger partial charge on any atom is 0.327 e. The van der Waals surface area contributed by atoms with Crippen LogP contribution in [-0.4, -0.2) is 44.9 Å². The molecule has 10 nitrogen and oxygen atoms in total. The highest BCUT2D eigenvalue weighted by Crippen LogP contribution is 2.33. The molecule has 3 heterocycles. The molecule has 154 valence electrons. The number of aromatic amines is 2. The lowest BCUT2D eigenvalue weighted by Crippen LogP contribution is -2.28. The molecule has 11 heteroatoms. The second kappa shape index (κ2) is 7.47. The molecule has 0 spiro atoms. The van der Waals surface area contributed by atoms with E-state index in [-0.39, 0.29) is 34.9 Å². The van der Waals surface area contributed by atoms with Crippen molar-refractivity contribution in [3.8, 4) is 0 Å². The minimum absolute atomic E-state index is 0.0602. The van der Waals surface area contributed by atoms with Crippen LogP contribution in [0.25, 0.3) is 11.2 Å². The monoisotopic (exact) mass is 418 g/mol. The minimum Gasteiger partial charge on any atom is -0.327 e. The van der Waals surface area contributed by atoms with E-state index < -0.39 is 9.84 Å².